The summed E-state index contributed by atoms with van der Waals surface area (Å²) in [5.41, 5.74) is 0.535. The van der Waals surface area contributed by atoms with Crippen LogP contribution >= 0.6 is 22.6 Å². The van der Waals surface area contributed by atoms with Gasteiger partial charge < -0.3 is 13.9 Å². The van der Waals surface area contributed by atoms with Crippen LogP contribution in [0.15, 0.2) is 10.5 Å². The molecule has 2 bridgehead atoms. The zero-order valence-electron chi connectivity index (χ0n) is 9.70. The fourth-order valence-corrected chi connectivity index (χ4v) is 1.97. The number of rotatable bonds is 3. The van der Waals surface area contributed by atoms with Gasteiger partial charge in [-0.05, 0) is 13.8 Å². The highest BCUT2D eigenvalue weighted by Crippen LogP contribution is 2.49. The number of carbonyl (C=O) groups is 2. The van der Waals surface area contributed by atoms with Gasteiger partial charge in [-0.1, -0.05) is 22.6 Å². The molecule has 6 heteroatoms. The Bertz CT molecular complexity index is 654. The number of hydrogen-bond donors (Lipinski definition) is 0. The van der Waals surface area contributed by atoms with Gasteiger partial charge in [0.15, 0.2) is 11.2 Å². The van der Waals surface area contributed by atoms with E-state index in [4.69, 9.17) is 13.9 Å². The van der Waals surface area contributed by atoms with Crippen LogP contribution in [0.3, 0.4) is 0 Å². The SMILES string of the molecule is CC(C)(CI)C(=O)Oc1c2c3oc1cc3C(=O)O2. The van der Waals surface area contributed by atoms with Gasteiger partial charge in [0.2, 0.25) is 11.5 Å². The van der Waals surface area contributed by atoms with Crippen molar-refractivity contribution >= 4 is 45.7 Å². The van der Waals surface area contributed by atoms with E-state index >= 15 is 0 Å². The van der Waals surface area contributed by atoms with E-state index in [9.17, 15) is 9.59 Å². The monoisotopic (exact) mass is 360 g/mol. The van der Waals surface area contributed by atoms with Gasteiger partial charge in [0.1, 0.15) is 5.56 Å². The average Bonchev–Trinajstić information content (AvgIpc) is 2.93. The molecule has 0 saturated carbocycles. The van der Waals surface area contributed by atoms with Crippen molar-refractivity contribution in [1.82, 2.24) is 0 Å². The second-order valence-corrected chi connectivity index (χ2v) is 5.57. The van der Waals surface area contributed by atoms with Crippen LogP contribution in [0, 0.1) is 5.41 Å². The molecular formula is C12H9IO5. The average molecular weight is 360 g/mol. The Kier molecular flexibility index (Phi) is 2.35. The Morgan fingerprint density at radius 1 is 1.50 bits per heavy atom. The third kappa shape index (κ3) is 1.44. The highest BCUT2D eigenvalue weighted by atomic mass is 127. The molecule has 0 aliphatic carbocycles. The third-order valence-corrected chi connectivity index (χ3v) is 4.77. The second kappa shape index (κ2) is 3.59. The van der Waals surface area contributed by atoms with Crippen LogP contribution < -0.4 is 9.47 Å². The number of ether oxygens (including phenoxy) is 2. The first-order valence-corrected chi connectivity index (χ1v) is 6.86. The van der Waals surface area contributed by atoms with E-state index in [-0.39, 0.29) is 17.5 Å². The van der Waals surface area contributed by atoms with E-state index in [1.807, 2.05) is 0 Å². The van der Waals surface area contributed by atoms with Crippen molar-refractivity contribution in [3.8, 4) is 11.5 Å². The van der Waals surface area contributed by atoms with Crippen molar-refractivity contribution in [2.24, 2.45) is 5.41 Å². The maximum absolute atomic E-state index is 12.0. The van der Waals surface area contributed by atoms with Gasteiger partial charge in [-0.15, -0.1) is 0 Å². The number of hydrogen-bond acceptors (Lipinski definition) is 5. The molecule has 0 spiro atoms. The normalized spacial score (nSPS) is 14.3. The lowest BCUT2D eigenvalue weighted by Crippen LogP contribution is -2.30. The maximum atomic E-state index is 12.0. The van der Waals surface area contributed by atoms with E-state index < -0.39 is 11.4 Å². The fraction of sp³-hybridized carbons (Fsp3) is 0.333. The summed E-state index contributed by atoms with van der Waals surface area (Å²) in [7, 11) is 0. The molecule has 0 amide bonds. The minimum atomic E-state index is -0.601. The van der Waals surface area contributed by atoms with Gasteiger partial charge in [0, 0.05) is 10.5 Å². The number of halogens is 1. The Morgan fingerprint density at radius 3 is 2.89 bits per heavy atom. The molecule has 0 N–H and O–H groups in total. The van der Waals surface area contributed by atoms with Crippen LogP contribution in [-0.2, 0) is 4.79 Å². The van der Waals surface area contributed by atoms with Crippen molar-refractivity contribution in [3.63, 3.8) is 0 Å². The van der Waals surface area contributed by atoms with E-state index in [2.05, 4.69) is 22.6 Å². The molecule has 1 aliphatic rings. The van der Waals surface area contributed by atoms with Crippen LogP contribution in [0.4, 0.5) is 0 Å². The molecule has 1 aliphatic heterocycles. The topological polar surface area (TPSA) is 65.7 Å². The van der Waals surface area contributed by atoms with Gasteiger partial charge >= 0.3 is 11.9 Å². The quantitative estimate of drug-likeness (QED) is 0.365. The summed E-state index contributed by atoms with van der Waals surface area (Å²) >= 11 is 2.12. The molecule has 0 aromatic carbocycles. The number of carbonyl (C=O) groups excluding carboxylic acids is 2. The van der Waals surface area contributed by atoms with Gasteiger partial charge in [-0.3, -0.25) is 4.79 Å². The lowest BCUT2D eigenvalue weighted by atomic mass is 9.97. The lowest BCUT2D eigenvalue weighted by Gasteiger charge is -2.18. The number of esters is 2. The summed E-state index contributed by atoms with van der Waals surface area (Å²) in [6, 6.07) is 1.54. The Morgan fingerprint density at radius 2 is 2.22 bits per heavy atom. The molecule has 0 radical (unpaired) electrons. The molecule has 94 valence electrons. The standard InChI is InChI=1S/C12H9IO5/c1-12(2,4-13)11(15)18-8-6-3-5-7(16-6)9(8)17-10(5)14/h3H,4H2,1-2H3. The van der Waals surface area contributed by atoms with Crippen LogP contribution in [0.25, 0.3) is 11.2 Å². The van der Waals surface area contributed by atoms with E-state index in [1.54, 1.807) is 13.8 Å². The Labute approximate surface area is 116 Å². The highest BCUT2D eigenvalue weighted by Gasteiger charge is 2.38. The molecular weight excluding hydrogens is 351 g/mol. The van der Waals surface area contributed by atoms with Crippen molar-refractivity contribution in [2.45, 2.75) is 13.8 Å². The Balaban J connectivity index is 1.95. The predicted octanol–water partition coefficient (Wildman–Crippen LogP) is 2.77. The minimum Gasteiger partial charge on any atom is -0.448 e. The van der Waals surface area contributed by atoms with E-state index in [1.165, 1.54) is 6.07 Å². The number of benzene rings is 1. The first-order valence-electron chi connectivity index (χ1n) is 5.33. The van der Waals surface area contributed by atoms with E-state index in [0.717, 1.165) is 0 Å². The molecule has 3 heterocycles. The molecule has 18 heavy (non-hydrogen) atoms. The smallest absolute Gasteiger partial charge is 0.347 e. The molecule has 0 unspecified atom stereocenters. The fourth-order valence-electron chi connectivity index (χ4n) is 1.66. The Hall–Kier alpha value is -1.31. The molecule has 2 aromatic rings. The molecule has 0 saturated heterocycles. The molecule has 2 aromatic heterocycles. The minimum absolute atomic E-state index is 0.211. The summed E-state index contributed by atoms with van der Waals surface area (Å²) in [6.45, 7) is 3.58. The zero-order chi connectivity index (χ0) is 13.1. The lowest BCUT2D eigenvalue weighted by molar-refractivity contribution is -0.142. The van der Waals surface area contributed by atoms with E-state index in [0.29, 0.717) is 21.2 Å². The highest BCUT2D eigenvalue weighted by molar-refractivity contribution is 14.1. The second-order valence-electron chi connectivity index (χ2n) is 4.81. The van der Waals surface area contributed by atoms with Crippen LogP contribution in [-0.4, -0.2) is 16.4 Å². The van der Waals surface area contributed by atoms with Crippen molar-refractivity contribution in [1.29, 1.82) is 0 Å². The van der Waals surface area contributed by atoms with Crippen molar-refractivity contribution in [3.05, 3.63) is 11.6 Å². The maximum Gasteiger partial charge on any atom is 0.347 e. The molecule has 3 rings (SSSR count). The van der Waals surface area contributed by atoms with Crippen molar-refractivity contribution in [2.75, 3.05) is 4.43 Å². The van der Waals surface area contributed by atoms with Crippen LogP contribution in [0.1, 0.15) is 24.2 Å². The summed E-state index contributed by atoms with van der Waals surface area (Å²) in [6.07, 6.45) is 0. The van der Waals surface area contributed by atoms with Crippen LogP contribution in [0.2, 0.25) is 0 Å². The van der Waals surface area contributed by atoms with Crippen molar-refractivity contribution < 1.29 is 23.5 Å². The summed E-state index contributed by atoms with van der Waals surface area (Å²) in [5, 5.41) is 0. The first-order chi connectivity index (χ1) is 8.44. The summed E-state index contributed by atoms with van der Waals surface area (Å²) in [5.74, 6) is -0.400. The third-order valence-electron chi connectivity index (χ3n) is 2.86. The van der Waals surface area contributed by atoms with Gasteiger partial charge in [-0.25, -0.2) is 4.79 Å². The largest absolute Gasteiger partial charge is 0.448 e. The van der Waals surface area contributed by atoms with Gasteiger partial charge in [0.25, 0.3) is 0 Å². The first kappa shape index (κ1) is 11.8. The van der Waals surface area contributed by atoms with Gasteiger partial charge in [0.05, 0.1) is 5.41 Å². The summed E-state index contributed by atoms with van der Waals surface area (Å²) in [4.78, 5) is 23.4. The van der Waals surface area contributed by atoms with Crippen LogP contribution in [0.5, 0.6) is 11.5 Å². The number of furan rings is 2. The zero-order valence-corrected chi connectivity index (χ0v) is 11.9. The molecule has 5 nitrogen and oxygen atoms in total. The number of alkyl halides is 1. The van der Waals surface area contributed by atoms with Gasteiger partial charge in [-0.2, -0.15) is 0 Å². The predicted molar refractivity (Wildman–Crippen MR) is 70.7 cm³/mol. The number of fused-ring (bicyclic) bond motifs is 1. The summed E-state index contributed by atoms with van der Waals surface area (Å²) < 4.78 is 16.3. The molecule has 0 fully saturated rings. The molecule has 0 atom stereocenters.